The Balaban J connectivity index is 2.12. The maximum absolute atomic E-state index is 13.4. The summed E-state index contributed by atoms with van der Waals surface area (Å²) in [6.45, 7) is 16.8. The molecular formula is C38H64N4O9. The van der Waals surface area contributed by atoms with E-state index in [0.29, 0.717) is 57.3 Å². The molecule has 0 saturated carbocycles. The van der Waals surface area contributed by atoms with Crippen molar-refractivity contribution in [2.24, 2.45) is 23.7 Å². The summed E-state index contributed by atoms with van der Waals surface area (Å²) in [5.41, 5.74) is -0.337. The number of nitrogens with one attached hydrogen (secondary N) is 3. The molecule has 4 unspecified atom stereocenters. The van der Waals surface area contributed by atoms with Gasteiger partial charge in [-0.05, 0) is 76.3 Å². The number of morpholine rings is 1. The number of hydrogen-bond acceptors (Lipinski definition) is 9. The van der Waals surface area contributed by atoms with Gasteiger partial charge in [0, 0.05) is 52.2 Å². The lowest BCUT2D eigenvalue weighted by atomic mass is 9.82. The Hall–Kier alpha value is -3.42. The third-order valence-electron chi connectivity index (χ3n) is 8.96. The number of nitrogens with zero attached hydrogens (tertiary/aromatic N) is 1. The largest absolute Gasteiger partial charge is 0.493 e. The molecule has 1 aliphatic rings. The van der Waals surface area contributed by atoms with Crippen molar-refractivity contribution < 1.29 is 43.2 Å². The molecule has 1 saturated heterocycles. The summed E-state index contributed by atoms with van der Waals surface area (Å²) in [6, 6.07) is 6.32. The highest BCUT2D eigenvalue weighted by Gasteiger charge is 2.33. The van der Waals surface area contributed by atoms with Gasteiger partial charge in [-0.25, -0.2) is 4.79 Å². The molecule has 2 rings (SSSR count). The number of amides is 4. The molecule has 0 bridgehead atoms. The molecule has 4 amide bonds. The van der Waals surface area contributed by atoms with Crippen molar-refractivity contribution in [1.82, 2.24) is 20.9 Å². The van der Waals surface area contributed by atoms with Crippen molar-refractivity contribution in [1.29, 1.82) is 0 Å². The van der Waals surface area contributed by atoms with Crippen LogP contribution in [0.3, 0.4) is 0 Å². The van der Waals surface area contributed by atoms with Crippen LogP contribution in [0.1, 0.15) is 90.9 Å². The number of rotatable bonds is 21. The highest BCUT2D eigenvalue weighted by molar-refractivity contribution is 5.96. The Bertz CT molecular complexity index is 1210. The van der Waals surface area contributed by atoms with Crippen LogP contribution in [0.4, 0.5) is 4.79 Å². The first-order chi connectivity index (χ1) is 24.1. The predicted octanol–water partition coefficient (Wildman–Crippen LogP) is 4.17. The van der Waals surface area contributed by atoms with E-state index in [1.54, 1.807) is 51.0 Å². The van der Waals surface area contributed by atoms with E-state index < -0.39 is 29.8 Å². The van der Waals surface area contributed by atoms with Crippen LogP contribution in [0.5, 0.6) is 5.75 Å². The summed E-state index contributed by atoms with van der Waals surface area (Å²) in [5.74, 6) is -0.872. The van der Waals surface area contributed by atoms with Crippen LogP contribution in [-0.2, 0) is 23.8 Å². The van der Waals surface area contributed by atoms with E-state index in [1.807, 2.05) is 33.8 Å². The average molecular weight is 721 g/mol. The molecule has 1 aliphatic heterocycles. The molecular weight excluding hydrogens is 656 g/mol. The molecule has 0 spiro atoms. The lowest BCUT2D eigenvalue weighted by Gasteiger charge is -2.33. The first kappa shape index (κ1) is 43.7. The van der Waals surface area contributed by atoms with Gasteiger partial charge in [0.15, 0.2) is 0 Å². The van der Waals surface area contributed by atoms with E-state index in [9.17, 15) is 24.3 Å². The minimum atomic E-state index is -1.10. The highest BCUT2D eigenvalue weighted by Crippen LogP contribution is 2.25. The van der Waals surface area contributed by atoms with E-state index in [0.717, 1.165) is 12.8 Å². The number of methoxy groups -OCH3 is 1. The number of hydrogen-bond donors (Lipinski definition) is 4. The van der Waals surface area contributed by atoms with Crippen molar-refractivity contribution in [2.45, 2.75) is 98.3 Å². The van der Waals surface area contributed by atoms with E-state index in [-0.39, 0.29) is 61.4 Å². The lowest BCUT2D eigenvalue weighted by Crippen LogP contribution is -2.49. The average Bonchev–Trinajstić information content (AvgIpc) is 3.07. The highest BCUT2D eigenvalue weighted by atomic mass is 16.6. The minimum absolute atomic E-state index is 0.0397. The van der Waals surface area contributed by atoms with Gasteiger partial charge < -0.3 is 44.9 Å². The van der Waals surface area contributed by atoms with Crippen molar-refractivity contribution in [3.05, 3.63) is 29.8 Å². The lowest BCUT2D eigenvalue weighted by molar-refractivity contribution is -0.135. The van der Waals surface area contributed by atoms with Gasteiger partial charge in [0.2, 0.25) is 11.8 Å². The van der Waals surface area contributed by atoms with Gasteiger partial charge in [-0.1, -0.05) is 39.8 Å². The van der Waals surface area contributed by atoms with Gasteiger partial charge in [-0.2, -0.15) is 0 Å². The molecule has 13 heteroatoms. The Labute approximate surface area is 304 Å². The number of carbonyl (C=O) groups is 4. The van der Waals surface area contributed by atoms with Crippen molar-refractivity contribution in [3.63, 3.8) is 0 Å². The number of para-hydroxylation sites is 1. The molecule has 0 radical (unpaired) electrons. The van der Waals surface area contributed by atoms with E-state index in [2.05, 4.69) is 16.0 Å². The molecule has 4 atom stereocenters. The van der Waals surface area contributed by atoms with Crippen molar-refractivity contribution in [2.75, 3.05) is 59.7 Å². The van der Waals surface area contributed by atoms with Crippen LogP contribution in [0, 0.1) is 23.7 Å². The van der Waals surface area contributed by atoms with Crippen molar-refractivity contribution >= 4 is 23.8 Å². The quantitative estimate of drug-likeness (QED) is 0.137. The molecule has 4 N–H and O–H groups in total. The zero-order valence-electron chi connectivity index (χ0n) is 32.1. The van der Waals surface area contributed by atoms with Gasteiger partial charge >= 0.3 is 6.09 Å². The fourth-order valence-electron chi connectivity index (χ4n) is 5.82. The van der Waals surface area contributed by atoms with Crippen LogP contribution in [0.25, 0.3) is 0 Å². The number of aliphatic hydroxyl groups is 1. The third kappa shape index (κ3) is 16.6. The van der Waals surface area contributed by atoms with Crippen LogP contribution in [0.2, 0.25) is 0 Å². The molecule has 51 heavy (non-hydrogen) atoms. The Morgan fingerprint density at radius 3 is 2.24 bits per heavy atom. The zero-order chi connectivity index (χ0) is 38.0. The normalized spacial score (nSPS) is 15.9. The summed E-state index contributed by atoms with van der Waals surface area (Å²) in [4.78, 5) is 54.0. The van der Waals surface area contributed by atoms with Gasteiger partial charge in [-0.3, -0.25) is 14.4 Å². The maximum Gasteiger partial charge on any atom is 0.407 e. The number of benzene rings is 1. The van der Waals surface area contributed by atoms with Crippen LogP contribution < -0.4 is 20.7 Å². The summed E-state index contributed by atoms with van der Waals surface area (Å²) in [7, 11) is 1.66. The van der Waals surface area contributed by atoms with Gasteiger partial charge in [0.05, 0.1) is 37.5 Å². The SMILES string of the molecule is COCCCCOc1ccccc1C(=O)NCC(CC(NC(=O)OC(C)(C)C)C(O)CC(C(=O)NCCC(=O)N1CCOCC1)C(C)C)C(C)C. The molecule has 1 heterocycles. The molecule has 0 aliphatic carbocycles. The van der Waals surface area contributed by atoms with Crippen LogP contribution in [-0.4, -0.2) is 111 Å². The molecule has 13 nitrogen and oxygen atoms in total. The van der Waals surface area contributed by atoms with Crippen molar-refractivity contribution in [3.8, 4) is 5.75 Å². The summed E-state index contributed by atoms with van der Waals surface area (Å²) in [5, 5.41) is 20.4. The second-order valence-corrected chi connectivity index (χ2v) is 14.9. The number of carbonyl (C=O) groups excluding carboxylic acids is 4. The zero-order valence-corrected chi connectivity index (χ0v) is 32.1. The fourth-order valence-corrected chi connectivity index (χ4v) is 5.82. The maximum atomic E-state index is 13.4. The molecule has 1 aromatic carbocycles. The van der Waals surface area contributed by atoms with Crippen LogP contribution in [0.15, 0.2) is 24.3 Å². The first-order valence-corrected chi connectivity index (χ1v) is 18.4. The van der Waals surface area contributed by atoms with E-state index in [4.69, 9.17) is 18.9 Å². The second kappa shape index (κ2) is 22.5. The van der Waals surface area contributed by atoms with E-state index >= 15 is 0 Å². The third-order valence-corrected chi connectivity index (χ3v) is 8.96. The second-order valence-electron chi connectivity index (χ2n) is 14.9. The standard InChI is InChI=1S/C38H64N4O9/c1-26(2)28(25-40-35(45)29-13-9-10-14-33(29)50-20-12-11-19-48-8)23-31(41-37(47)51-38(5,6)7)32(43)24-30(27(3)4)36(46)39-16-15-34(44)42-17-21-49-22-18-42/h9-10,13-14,26-28,30-32,43H,11-12,15-25H2,1-8H3,(H,39,46)(H,40,45)(H,41,47). The molecule has 0 aromatic heterocycles. The number of unbranched alkanes of at least 4 members (excludes halogenated alkanes) is 1. The Kier molecular flexibility index (Phi) is 19.3. The summed E-state index contributed by atoms with van der Waals surface area (Å²) < 4.78 is 21.9. The first-order valence-electron chi connectivity index (χ1n) is 18.4. The molecule has 1 aromatic rings. The molecule has 1 fully saturated rings. The van der Waals surface area contributed by atoms with Gasteiger partial charge in [0.1, 0.15) is 11.4 Å². The number of alkyl carbamates (subject to hydrolysis) is 1. The Morgan fingerprint density at radius 2 is 1.61 bits per heavy atom. The number of ether oxygens (including phenoxy) is 4. The van der Waals surface area contributed by atoms with Gasteiger partial charge in [0.25, 0.3) is 5.91 Å². The summed E-state index contributed by atoms with van der Waals surface area (Å²) in [6.07, 6.45) is 0.432. The van der Waals surface area contributed by atoms with Gasteiger partial charge in [-0.15, -0.1) is 0 Å². The fraction of sp³-hybridized carbons (Fsp3) is 0.737. The minimum Gasteiger partial charge on any atom is -0.493 e. The topological polar surface area (TPSA) is 165 Å². The smallest absolute Gasteiger partial charge is 0.407 e. The van der Waals surface area contributed by atoms with Crippen LogP contribution >= 0.6 is 0 Å². The van der Waals surface area contributed by atoms with E-state index in [1.165, 1.54) is 0 Å². The number of aliphatic hydroxyl groups excluding tert-OH is 1. The summed E-state index contributed by atoms with van der Waals surface area (Å²) >= 11 is 0. The molecule has 290 valence electrons. The Morgan fingerprint density at radius 1 is 0.941 bits per heavy atom. The predicted molar refractivity (Wildman–Crippen MR) is 195 cm³/mol. The monoisotopic (exact) mass is 720 g/mol.